The molecule has 5 nitrogen and oxygen atoms in total. The summed E-state index contributed by atoms with van der Waals surface area (Å²) in [6.07, 6.45) is 1.22. The van der Waals surface area contributed by atoms with E-state index in [0.29, 0.717) is 10.4 Å². The predicted octanol–water partition coefficient (Wildman–Crippen LogP) is 2.83. The normalized spacial score (nSPS) is 15.2. The highest BCUT2D eigenvalue weighted by Gasteiger charge is 2.21. The van der Waals surface area contributed by atoms with Crippen LogP contribution in [0.5, 0.6) is 0 Å². The van der Waals surface area contributed by atoms with Crippen LogP contribution < -0.4 is 10.2 Å². The van der Waals surface area contributed by atoms with Gasteiger partial charge >= 0.3 is 0 Å². The van der Waals surface area contributed by atoms with E-state index >= 15 is 0 Å². The quantitative estimate of drug-likeness (QED) is 0.909. The van der Waals surface area contributed by atoms with Gasteiger partial charge in [0.15, 0.2) is 0 Å². The number of para-hydroxylation sites is 2. The van der Waals surface area contributed by atoms with Crippen LogP contribution in [-0.2, 0) is 0 Å². The first-order valence-electron chi connectivity index (χ1n) is 7.50. The molecule has 2 heterocycles. The van der Waals surface area contributed by atoms with Crippen molar-refractivity contribution >= 4 is 28.6 Å². The van der Waals surface area contributed by atoms with E-state index in [1.807, 2.05) is 30.3 Å². The van der Waals surface area contributed by atoms with E-state index in [1.54, 1.807) is 11.4 Å². The van der Waals surface area contributed by atoms with Gasteiger partial charge in [-0.25, -0.2) is 0 Å². The van der Waals surface area contributed by atoms with Crippen LogP contribution >= 0.6 is 11.3 Å². The number of piperidine rings is 1. The van der Waals surface area contributed by atoms with E-state index in [2.05, 4.69) is 10.2 Å². The molecule has 0 bridgehead atoms. The van der Waals surface area contributed by atoms with Gasteiger partial charge in [-0.2, -0.15) is 5.26 Å². The van der Waals surface area contributed by atoms with E-state index in [0.717, 1.165) is 37.3 Å². The SMILES string of the molecule is N#Cc1ccsc1C(=O)Nc1ccccc1N1CCC(O)CC1. The lowest BCUT2D eigenvalue weighted by atomic mass is 10.1. The van der Waals surface area contributed by atoms with Crippen LogP contribution in [0.25, 0.3) is 0 Å². The Balaban J connectivity index is 1.81. The fourth-order valence-electron chi connectivity index (χ4n) is 2.71. The number of aliphatic hydroxyl groups is 1. The number of benzene rings is 1. The topological polar surface area (TPSA) is 76.4 Å². The molecule has 1 fully saturated rings. The van der Waals surface area contributed by atoms with Crippen LogP contribution in [0.1, 0.15) is 28.1 Å². The van der Waals surface area contributed by atoms with Crippen molar-refractivity contribution in [3.63, 3.8) is 0 Å². The molecular formula is C17H17N3O2S. The maximum absolute atomic E-state index is 12.4. The number of carbonyl (C=O) groups is 1. The summed E-state index contributed by atoms with van der Waals surface area (Å²) in [4.78, 5) is 15.0. The third-order valence-corrected chi connectivity index (χ3v) is 4.86. The summed E-state index contributed by atoms with van der Waals surface area (Å²) in [6.45, 7) is 1.52. The van der Waals surface area contributed by atoms with Crippen molar-refractivity contribution in [2.24, 2.45) is 0 Å². The molecule has 0 spiro atoms. The van der Waals surface area contributed by atoms with Crippen molar-refractivity contribution < 1.29 is 9.90 Å². The van der Waals surface area contributed by atoms with E-state index in [9.17, 15) is 9.90 Å². The van der Waals surface area contributed by atoms with Gasteiger partial charge in [-0.1, -0.05) is 12.1 Å². The lowest BCUT2D eigenvalue weighted by molar-refractivity contribution is 0.103. The Bertz CT molecular complexity index is 742. The molecule has 6 heteroatoms. The lowest BCUT2D eigenvalue weighted by Gasteiger charge is -2.32. The Morgan fingerprint density at radius 1 is 1.30 bits per heavy atom. The summed E-state index contributed by atoms with van der Waals surface area (Å²) in [5.41, 5.74) is 2.07. The average Bonchev–Trinajstić information content (AvgIpc) is 3.05. The van der Waals surface area contributed by atoms with Crippen LogP contribution in [0, 0.1) is 11.3 Å². The average molecular weight is 327 g/mol. The molecular weight excluding hydrogens is 310 g/mol. The zero-order valence-corrected chi connectivity index (χ0v) is 13.3. The molecule has 0 unspecified atom stereocenters. The number of nitrogens with one attached hydrogen (secondary N) is 1. The highest BCUT2D eigenvalue weighted by Crippen LogP contribution is 2.29. The minimum atomic E-state index is -0.263. The predicted molar refractivity (Wildman–Crippen MR) is 90.9 cm³/mol. The smallest absolute Gasteiger partial charge is 0.267 e. The molecule has 1 aliphatic rings. The molecule has 1 aliphatic heterocycles. The van der Waals surface area contributed by atoms with E-state index in [1.165, 1.54) is 11.3 Å². The lowest BCUT2D eigenvalue weighted by Crippen LogP contribution is -2.36. The van der Waals surface area contributed by atoms with Gasteiger partial charge < -0.3 is 15.3 Å². The van der Waals surface area contributed by atoms with Gasteiger partial charge in [0.25, 0.3) is 5.91 Å². The Kier molecular flexibility index (Phi) is 4.60. The zero-order valence-electron chi connectivity index (χ0n) is 12.5. The van der Waals surface area contributed by atoms with Crippen molar-refractivity contribution in [1.29, 1.82) is 5.26 Å². The number of anilines is 2. The first kappa shape index (κ1) is 15.5. The minimum Gasteiger partial charge on any atom is -0.393 e. The third kappa shape index (κ3) is 3.36. The van der Waals surface area contributed by atoms with Gasteiger partial charge in [-0.05, 0) is 36.4 Å². The van der Waals surface area contributed by atoms with Crippen molar-refractivity contribution in [3.8, 4) is 6.07 Å². The van der Waals surface area contributed by atoms with Crippen LogP contribution in [-0.4, -0.2) is 30.2 Å². The number of nitriles is 1. The van der Waals surface area contributed by atoms with Gasteiger partial charge in [0.05, 0.1) is 23.0 Å². The number of hydrogen-bond acceptors (Lipinski definition) is 5. The molecule has 1 aromatic carbocycles. The number of carbonyl (C=O) groups excluding carboxylic acids is 1. The number of rotatable bonds is 3. The molecule has 1 aromatic heterocycles. The minimum absolute atomic E-state index is 0.239. The first-order valence-corrected chi connectivity index (χ1v) is 8.38. The Labute approximate surface area is 138 Å². The van der Waals surface area contributed by atoms with Crippen molar-refractivity contribution in [2.75, 3.05) is 23.3 Å². The van der Waals surface area contributed by atoms with E-state index in [4.69, 9.17) is 5.26 Å². The number of nitrogens with zero attached hydrogens (tertiary/aromatic N) is 2. The van der Waals surface area contributed by atoms with Crippen LogP contribution in [0.15, 0.2) is 35.7 Å². The summed E-state index contributed by atoms with van der Waals surface area (Å²) in [5, 5.41) is 23.3. The van der Waals surface area contributed by atoms with Crippen LogP contribution in [0.2, 0.25) is 0 Å². The number of thiophene rings is 1. The monoisotopic (exact) mass is 327 g/mol. The van der Waals surface area contributed by atoms with Gasteiger partial charge in [0.2, 0.25) is 0 Å². The summed E-state index contributed by atoms with van der Waals surface area (Å²) in [6, 6.07) is 11.3. The van der Waals surface area contributed by atoms with Gasteiger partial charge in [0.1, 0.15) is 10.9 Å². The summed E-state index contributed by atoms with van der Waals surface area (Å²) < 4.78 is 0. The molecule has 3 rings (SSSR count). The molecule has 2 N–H and O–H groups in total. The van der Waals surface area contributed by atoms with Crippen molar-refractivity contribution in [2.45, 2.75) is 18.9 Å². The van der Waals surface area contributed by atoms with Gasteiger partial charge in [0, 0.05) is 13.1 Å². The number of hydrogen-bond donors (Lipinski definition) is 2. The maximum Gasteiger partial charge on any atom is 0.267 e. The van der Waals surface area contributed by atoms with Gasteiger partial charge in [-0.3, -0.25) is 4.79 Å². The molecule has 2 aromatic rings. The summed E-state index contributed by atoms with van der Waals surface area (Å²) >= 11 is 1.26. The van der Waals surface area contributed by atoms with Crippen LogP contribution in [0.4, 0.5) is 11.4 Å². The molecule has 118 valence electrons. The number of aliphatic hydroxyl groups excluding tert-OH is 1. The fourth-order valence-corrected chi connectivity index (χ4v) is 3.45. The molecule has 0 atom stereocenters. The molecule has 0 radical (unpaired) electrons. The Morgan fingerprint density at radius 3 is 2.78 bits per heavy atom. The third-order valence-electron chi connectivity index (χ3n) is 3.95. The fraction of sp³-hybridized carbons (Fsp3) is 0.294. The summed E-state index contributed by atoms with van der Waals surface area (Å²) in [7, 11) is 0. The van der Waals surface area contributed by atoms with Crippen molar-refractivity contribution in [3.05, 3.63) is 46.2 Å². The molecule has 23 heavy (non-hydrogen) atoms. The first-order chi connectivity index (χ1) is 11.2. The van der Waals surface area contributed by atoms with E-state index in [-0.39, 0.29) is 12.0 Å². The summed E-state index contributed by atoms with van der Waals surface area (Å²) in [5.74, 6) is -0.263. The molecule has 1 saturated heterocycles. The maximum atomic E-state index is 12.4. The molecule has 0 aliphatic carbocycles. The van der Waals surface area contributed by atoms with Crippen molar-refractivity contribution in [1.82, 2.24) is 0 Å². The second-order valence-electron chi connectivity index (χ2n) is 5.46. The number of amides is 1. The zero-order chi connectivity index (χ0) is 16.2. The Hall–Kier alpha value is -2.36. The van der Waals surface area contributed by atoms with Gasteiger partial charge in [-0.15, -0.1) is 11.3 Å². The molecule has 1 amide bonds. The highest BCUT2D eigenvalue weighted by molar-refractivity contribution is 7.12. The van der Waals surface area contributed by atoms with Crippen LogP contribution in [0.3, 0.4) is 0 Å². The molecule has 0 saturated carbocycles. The Morgan fingerprint density at radius 2 is 2.04 bits per heavy atom. The van der Waals surface area contributed by atoms with E-state index < -0.39 is 0 Å². The second-order valence-corrected chi connectivity index (χ2v) is 6.38. The second kappa shape index (κ2) is 6.82. The standard InChI is InChI=1S/C17H17N3O2S/c18-11-12-7-10-23-16(12)17(22)19-14-3-1-2-4-15(14)20-8-5-13(21)6-9-20/h1-4,7,10,13,21H,5-6,8-9H2,(H,19,22). The highest BCUT2D eigenvalue weighted by atomic mass is 32.1. The largest absolute Gasteiger partial charge is 0.393 e.